The zero-order chi connectivity index (χ0) is 15.6. The number of likely N-dealkylation sites (N-methyl/N-ethyl adjacent to an activating group) is 1. The van der Waals surface area contributed by atoms with E-state index in [1.54, 1.807) is 0 Å². The van der Waals surface area contributed by atoms with Gasteiger partial charge in [-0.2, -0.15) is 13.2 Å². The predicted molar refractivity (Wildman–Crippen MR) is 63.5 cm³/mol. The van der Waals surface area contributed by atoms with Crippen molar-refractivity contribution in [2.24, 2.45) is 5.73 Å². The summed E-state index contributed by atoms with van der Waals surface area (Å²) in [4.78, 5) is 24.8. The predicted octanol–water partition coefficient (Wildman–Crippen LogP) is -0.681. The van der Waals surface area contributed by atoms with Gasteiger partial charge in [-0.05, 0) is 19.4 Å². The largest absolute Gasteiger partial charge is 0.406 e. The number of aliphatic hydroxyl groups is 1. The second-order valence-corrected chi connectivity index (χ2v) is 5.08. The number of alkyl halides is 3. The molecule has 1 atom stereocenters. The van der Waals surface area contributed by atoms with Crippen molar-refractivity contribution in [3.63, 3.8) is 0 Å². The molecule has 0 bridgehead atoms. The van der Waals surface area contributed by atoms with Crippen LogP contribution in [0.4, 0.5) is 13.2 Å². The lowest BCUT2D eigenvalue weighted by molar-refractivity contribution is -0.160. The lowest BCUT2D eigenvalue weighted by Gasteiger charge is -2.37. The van der Waals surface area contributed by atoms with E-state index < -0.39 is 30.1 Å². The smallest absolute Gasteiger partial charge is 0.379 e. The summed E-state index contributed by atoms with van der Waals surface area (Å²) in [6.45, 7) is -1.35. The maximum absolute atomic E-state index is 12.2. The Bertz CT molecular complexity index is 389. The molecule has 20 heavy (non-hydrogen) atoms. The van der Waals surface area contributed by atoms with Crippen LogP contribution < -0.4 is 5.73 Å². The van der Waals surface area contributed by atoms with Gasteiger partial charge in [0.2, 0.25) is 5.91 Å². The van der Waals surface area contributed by atoms with Crippen molar-refractivity contribution in [3.8, 4) is 0 Å². The summed E-state index contributed by atoms with van der Waals surface area (Å²) in [5, 5.41) is 9.94. The Morgan fingerprint density at radius 2 is 2.05 bits per heavy atom. The molecule has 9 heteroatoms. The number of carbonyl (C=O) groups is 2. The Morgan fingerprint density at radius 3 is 2.55 bits per heavy atom. The lowest BCUT2D eigenvalue weighted by atomic mass is 9.92. The molecule has 1 aliphatic heterocycles. The van der Waals surface area contributed by atoms with Gasteiger partial charge < -0.3 is 15.7 Å². The minimum atomic E-state index is -4.46. The van der Waals surface area contributed by atoms with Crippen molar-refractivity contribution < 1.29 is 27.9 Å². The molecule has 116 valence electrons. The molecule has 1 saturated heterocycles. The summed E-state index contributed by atoms with van der Waals surface area (Å²) in [5.74, 6) is -1.62. The normalized spacial score (nSPS) is 24.4. The van der Waals surface area contributed by atoms with E-state index in [4.69, 9.17) is 5.73 Å². The van der Waals surface area contributed by atoms with Crippen LogP contribution in [0.25, 0.3) is 0 Å². The Balaban J connectivity index is 2.56. The number of likely N-dealkylation sites (tertiary alicyclic amines) is 1. The van der Waals surface area contributed by atoms with E-state index in [0.717, 1.165) is 7.05 Å². The molecule has 0 radical (unpaired) electrons. The lowest BCUT2D eigenvalue weighted by Crippen LogP contribution is -2.57. The first-order chi connectivity index (χ1) is 9.03. The summed E-state index contributed by atoms with van der Waals surface area (Å²) < 4.78 is 36.5. The number of nitrogens with two attached hydrogens (primary N) is 1. The van der Waals surface area contributed by atoms with Crippen molar-refractivity contribution in [2.45, 2.75) is 24.6 Å². The van der Waals surface area contributed by atoms with E-state index in [0.29, 0.717) is 17.9 Å². The van der Waals surface area contributed by atoms with Crippen LogP contribution in [0.3, 0.4) is 0 Å². The Hall–Kier alpha value is -1.35. The minimum Gasteiger partial charge on any atom is -0.379 e. The van der Waals surface area contributed by atoms with Crippen molar-refractivity contribution in [1.82, 2.24) is 9.80 Å². The third-order valence-corrected chi connectivity index (χ3v) is 3.21. The van der Waals surface area contributed by atoms with Crippen molar-refractivity contribution >= 4 is 11.8 Å². The number of amides is 2. The highest BCUT2D eigenvalue weighted by Crippen LogP contribution is 2.21. The molecule has 1 aliphatic rings. The number of rotatable bonds is 4. The number of hydrogen-bond donors (Lipinski definition) is 2. The monoisotopic (exact) mass is 297 g/mol. The third kappa shape index (κ3) is 4.64. The van der Waals surface area contributed by atoms with Gasteiger partial charge in [-0.1, -0.05) is 0 Å². The quantitative estimate of drug-likeness (QED) is 0.720. The van der Waals surface area contributed by atoms with Gasteiger partial charge in [0.05, 0.1) is 6.54 Å². The molecule has 1 heterocycles. The molecule has 0 spiro atoms. The molecule has 0 aliphatic carbocycles. The Labute approximate surface area is 114 Å². The summed E-state index contributed by atoms with van der Waals surface area (Å²) in [7, 11) is 1.06. The fourth-order valence-corrected chi connectivity index (χ4v) is 2.13. The standard InChI is InChI=1S/C11H18F3N3O3/c1-16(7-11(12,13)14)8(18)5-17-4-2-3-10(20,6-17)9(15)19/h20H,2-7H2,1H3,(H2,15,19). The first-order valence-corrected chi connectivity index (χ1v) is 6.09. The summed E-state index contributed by atoms with van der Waals surface area (Å²) in [6.07, 6.45) is -3.83. The molecule has 3 N–H and O–H groups in total. The minimum absolute atomic E-state index is 0.145. The van der Waals surface area contributed by atoms with Crippen LogP contribution in [0, 0.1) is 0 Å². The molecule has 0 saturated carbocycles. The molecule has 1 unspecified atom stereocenters. The highest BCUT2D eigenvalue weighted by molar-refractivity contribution is 5.84. The second kappa shape index (κ2) is 5.96. The maximum Gasteiger partial charge on any atom is 0.406 e. The average Bonchev–Trinajstić information content (AvgIpc) is 2.26. The average molecular weight is 297 g/mol. The number of primary amides is 1. The molecule has 1 fully saturated rings. The first-order valence-electron chi connectivity index (χ1n) is 6.09. The number of halogens is 3. The molecule has 1 rings (SSSR count). The van der Waals surface area contributed by atoms with Crippen molar-refractivity contribution in [3.05, 3.63) is 0 Å². The number of nitrogens with zero attached hydrogens (tertiary/aromatic N) is 2. The number of piperidine rings is 1. The fraction of sp³-hybridized carbons (Fsp3) is 0.818. The van der Waals surface area contributed by atoms with E-state index >= 15 is 0 Å². The van der Waals surface area contributed by atoms with E-state index in [-0.39, 0.29) is 19.5 Å². The molecule has 2 amide bonds. The van der Waals surface area contributed by atoms with Gasteiger partial charge in [0.25, 0.3) is 5.91 Å². The molecule has 6 nitrogen and oxygen atoms in total. The zero-order valence-corrected chi connectivity index (χ0v) is 11.1. The molecule has 0 aromatic carbocycles. The van der Waals surface area contributed by atoms with Gasteiger partial charge in [-0.3, -0.25) is 14.5 Å². The van der Waals surface area contributed by atoms with Crippen LogP contribution in [-0.2, 0) is 9.59 Å². The second-order valence-electron chi connectivity index (χ2n) is 5.08. The maximum atomic E-state index is 12.2. The number of carbonyl (C=O) groups excluding carboxylic acids is 2. The molecule has 0 aromatic heterocycles. The van der Waals surface area contributed by atoms with Crippen molar-refractivity contribution in [1.29, 1.82) is 0 Å². The van der Waals surface area contributed by atoms with Gasteiger partial charge in [0.1, 0.15) is 6.54 Å². The molecular weight excluding hydrogens is 279 g/mol. The zero-order valence-electron chi connectivity index (χ0n) is 11.1. The molecular formula is C11H18F3N3O3. The Morgan fingerprint density at radius 1 is 1.45 bits per heavy atom. The fourth-order valence-electron chi connectivity index (χ4n) is 2.13. The van der Waals surface area contributed by atoms with Crippen LogP contribution in [0.1, 0.15) is 12.8 Å². The molecule has 0 aromatic rings. The van der Waals surface area contributed by atoms with E-state index in [1.807, 2.05) is 0 Å². The highest BCUT2D eigenvalue weighted by atomic mass is 19.4. The van der Waals surface area contributed by atoms with E-state index in [9.17, 15) is 27.9 Å². The first kappa shape index (κ1) is 16.7. The van der Waals surface area contributed by atoms with Gasteiger partial charge in [0, 0.05) is 13.6 Å². The number of β-amino-alcohol motifs (C(OH)–C–C–N with tert-alkyl or cyclic N) is 1. The third-order valence-electron chi connectivity index (χ3n) is 3.21. The van der Waals surface area contributed by atoms with Crippen LogP contribution in [0.5, 0.6) is 0 Å². The van der Waals surface area contributed by atoms with Crippen LogP contribution in [-0.4, -0.2) is 71.7 Å². The summed E-state index contributed by atoms with van der Waals surface area (Å²) in [6, 6.07) is 0. The van der Waals surface area contributed by atoms with E-state index in [2.05, 4.69) is 0 Å². The van der Waals surface area contributed by atoms with Crippen molar-refractivity contribution in [2.75, 3.05) is 33.2 Å². The summed E-state index contributed by atoms with van der Waals surface area (Å²) >= 11 is 0. The van der Waals surface area contributed by atoms with Gasteiger partial charge in [-0.15, -0.1) is 0 Å². The van der Waals surface area contributed by atoms with Gasteiger partial charge in [0.15, 0.2) is 5.60 Å². The SMILES string of the molecule is CN(CC(F)(F)F)C(=O)CN1CCCC(O)(C(N)=O)C1. The Kier molecular flexibility index (Phi) is 4.98. The topological polar surface area (TPSA) is 86.9 Å². The van der Waals surface area contributed by atoms with Crippen LogP contribution in [0.2, 0.25) is 0 Å². The highest BCUT2D eigenvalue weighted by Gasteiger charge is 2.39. The van der Waals surface area contributed by atoms with Crippen LogP contribution >= 0.6 is 0 Å². The van der Waals surface area contributed by atoms with Gasteiger partial charge in [-0.25, -0.2) is 0 Å². The summed E-state index contributed by atoms with van der Waals surface area (Å²) in [5.41, 5.74) is 3.36. The van der Waals surface area contributed by atoms with E-state index in [1.165, 1.54) is 4.90 Å². The number of hydrogen-bond acceptors (Lipinski definition) is 4. The van der Waals surface area contributed by atoms with Gasteiger partial charge >= 0.3 is 6.18 Å². The van der Waals surface area contributed by atoms with Crippen LogP contribution in [0.15, 0.2) is 0 Å².